The zero-order valence-corrected chi connectivity index (χ0v) is 12.8. The van der Waals surface area contributed by atoms with Crippen molar-refractivity contribution >= 4 is 5.97 Å². The molecule has 1 aromatic rings. The predicted molar refractivity (Wildman–Crippen MR) is 79.0 cm³/mol. The van der Waals surface area contributed by atoms with Gasteiger partial charge in [-0.1, -0.05) is 19.3 Å². The van der Waals surface area contributed by atoms with Crippen LogP contribution in [0.2, 0.25) is 0 Å². The Hall–Kier alpha value is -1.65. The summed E-state index contributed by atoms with van der Waals surface area (Å²) in [4.78, 5) is 11.3. The quantitative estimate of drug-likeness (QED) is 0.735. The smallest absolute Gasteiger partial charge is 0.381 e. The lowest BCUT2D eigenvalue weighted by Crippen LogP contribution is -2.28. The maximum atomic E-state index is 13.8. The van der Waals surface area contributed by atoms with Crippen LogP contribution in [0.5, 0.6) is 5.75 Å². The second kappa shape index (κ2) is 7.56. The topological polar surface area (TPSA) is 35.5 Å². The van der Waals surface area contributed by atoms with Gasteiger partial charge in [-0.25, -0.2) is 4.79 Å². The maximum absolute atomic E-state index is 13.8. The SMILES string of the molecule is CCOC(=O)C(F)(F)c1ccc(OCC2CCCCC2)cc1. The molecule has 0 amide bonds. The highest BCUT2D eigenvalue weighted by molar-refractivity contribution is 5.79. The molecule has 122 valence electrons. The number of esters is 1. The molecule has 0 heterocycles. The fourth-order valence-corrected chi connectivity index (χ4v) is 2.67. The van der Waals surface area contributed by atoms with E-state index in [1.54, 1.807) is 0 Å². The molecule has 2 rings (SSSR count). The average Bonchev–Trinajstić information content (AvgIpc) is 2.54. The molecule has 1 aliphatic rings. The standard InChI is InChI=1S/C17H22F2O3/c1-2-21-16(20)17(18,19)14-8-10-15(11-9-14)22-12-13-6-4-3-5-7-13/h8-11,13H,2-7,12H2,1H3. The molecule has 0 spiro atoms. The molecule has 0 bridgehead atoms. The van der Waals surface area contributed by atoms with E-state index in [0.717, 1.165) is 0 Å². The summed E-state index contributed by atoms with van der Waals surface area (Å²) in [6.45, 7) is 2.04. The molecule has 1 aromatic carbocycles. The van der Waals surface area contributed by atoms with Gasteiger partial charge < -0.3 is 9.47 Å². The minimum Gasteiger partial charge on any atom is -0.493 e. The molecule has 3 nitrogen and oxygen atoms in total. The number of halogens is 2. The fraction of sp³-hybridized carbons (Fsp3) is 0.588. The molecule has 0 aromatic heterocycles. The first kappa shape index (κ1) is 16.7. The number of rotatable bonds is 6. The van der Waals surface area contributed by atoms with E-state index in [9.17, 15) is 13.6 Å². The zero-order valence-electron chi connectivity index (χ0n) is 12.8. The molecule has 1 saturated carbocycles. The normalized spacial score (nSPS) is 16.3. The maximum Gasteiger partial charge on any atom is 0.381 e. The average molecular weight is 312 g/mol. The summed E-state index contributed by atoms with van der Waals surface area (Å²) in [6.07, 6.45) is 6.09. The van der Waals surface area contributed by atoms with Crippen molar-refractivity contribution in [1.29, 1.82) is 0 Å². The molecule has 0 aliphatic heterocycles. The van der Waals surface area contributed by atoms with Gasteiger partial charge in [-0.15, -0.1) is 0 Å². The Morgan fingerprint density at radius 1 is 1.18 bits per heavy atom. The number of carbonyl (C=O) groups is 1. The van der Waals surface area contributed by atoms with E-state index in [2.05, 4.69) is 4.74 Å². The van der Waals surface area contributed by atoms with Gasteiger partial charge in [-0.2, -0.15) is 8.78 Å². The Labute approximate surface area is 129 Å². The van der Waals surface area contributed by atoms with E-state index in [1.165, 1.54) is 63.3 Å². The van der Waals surface area contributed by atoms with Crippen LogP contribution >= 0.6 is 0 Å². The molecule has 1 fully saturated rings. The van der Waals surface area contributed by atoms with Crippen LogP contribution in [0.3, 0.4) is 0 Å². The van der Waals surface area contributed by atoms with Crippen LogP contribution in [-0.2, 0) is 15.5 Å². The third kappa shape index (κ3) is 4.18. The molecular weight excluding hydrogens is 290 g/mol. The van der Waals surface area contributed by atoms with E-state index in [0.29, 0.717) is 18.3 Å². The van der Waals surface area contributed by atoms with Gasteiger partial charge in [0.15, 0.2) is 0 Å². The lowest BCUT2D eigenvalue weighted by Gasteiger charge is -2.21. The summed E-state index contributed by atoms with van der Waals surface area (Å²) in [6, 6.07) is 5.39. The molecular formula is C17H22F2O3. The van der Waals surface area contributed by atoms with Crippen molar-refractivity contribution in [2.75, 3.05) is 13.2 Å². The molecule has 0 atom stereocenters. The number of hydrogen-bond donors (Lipinski definition) is 0. The minimum atomic E-state index is -3.63. The number of carbonyl (C=O) groups excluding carboxylic acids is 1. The van der Waals surface area contributed by atoms with Crippen LogP contribution in [0.4, 0.5) is 8.78 Å². The highest BCUT2D eigenvalue weighted by Crippen LogP contribution is 2.31. The van der Waals surface area contributed by atoms with Crippen molar-refractivity contribution in [3.8, 4) is 5.75 Å². The van der Waals surface area contributed by atoms with Crippen LogP contribution in [-0.4, -0.2) is 19.2 Å². The van der Waals surface area contributed by atoms with Gasteiger partial charge in [0.1, 0.15) is 5.75 Å². The Kier molecular flexibility index (Phi) is 5.75. The van der Waals surface area contributed by atoms with Crippen LogP contribution in [0, 0.1) is 5.92 Å². The largest absolute Gasteiger partial charge is 0.493 e. The third-order valence-electron chi connectivity index (χ3n) is 3.96. The summed E-state index contributed by atoms with van der Waals surface area (Å²) >= 11 is 0. The highest BCUT2D eigenvalue weighted by Gasteiger charge is 2.42. The fourth-order valence-electron chi connectivity index (χ4n) is 2.67. The number of alkyl halides is 2. The summed E-state index contributed by atoms with van der Waals surface area (Å²) in [5.74, 6) is -4.05. The van der Waals surface area contributed by atoms with Gasteiger partial charge >= 0.3 is 11.9 Å². The molecule has 0 N–H and O–H groups in total. The summed E-state index contributed by atoms with van der Waals surface area (Å²) in [5, 5.41) is 0. The van der Waals surface area contributed by atoms with Gasteiger partial charge in [0.2, 0.25) is 0 Å². The van der Waals surface area contributed by atoms with E-state index in [-0.39, 0.29) is 12.2 Å². The summed E-state index contributed by atoms with van der Waals surface area (Å²) < 4.78 is 37.7. The second-order valence-electron chi connectivity index (χ2n) is 5.63. The minimum absolute atomic E-state index is 0.0724. The van der Waals surface area contributed by atoms with E-state index >= 15 is 0 Å². The zero-order chi connectivity index (χ0) is 16.0. The van der Waals surface area contributed by atoms with Crippen molar-refractivity contribution in [2.45, 2.75) is 45.0 Å². The number of ether oxygens (including phenoxy) is 2. The van der Waals surface area contributed by atoms with Gasteiger partial charge in [-0.3, -0.25) is 0 Å². The van der Waals surface area contributed by atoms with Gasteiger partial charge in [0.05, 0.1) is 13.2 Å². The summed E-state index contributed by atoms with van der Waals surface area (Å²) in [7, 11) is 0. The molecule has 5 heteroatoms. The van der Waals surface area contributed by atoms with Crippen LogP contribution in [0.25, 0.3) is 0 Å². The van der Waals surface area contributed by atoms with Crippen molar-refractivity contribution in [2.24, 2.45) is 5.92 Å². The van der Waals surface area contributed by atoms with Crippen molar-refractivity contribution in [3.05, 3.63) is 29.8 Å². The number of hydrogen-bond acceptors (Lipinski definition) is 3. The number of benzene rings is 1. The second-order valence-corrected chi connectivity index (χ2v) is 5.63. The van der Waals surface area contributed by atoms with Gasteiger partial charge in [-0.05, 0) is 49.9 Å². The van der Waals surface area contributed by atoms with E-state index in [1.807, 2.05) is 0 Å². The van der Waals surface area contributed by atoms with Crippen LogP contribution in [0.15, 0.2) is 24.3 Å². The molecule has 0 saturated heterocycles. The Bertz CT molecular complexity index is 479. The predicted octanol–water partition coefficient (Wildman–Crippen LogP) is 4.30. The Morgan fingerprint density at radius 3 is 2.41 bits per heavy atom. The molecule has 0 unspecified atom stereocenters. The Balaban J connectivity index is 1.93. The molecule has 0 radical (unpaired) electrons. The van der Waals surface area contributed by atoms with Crippen molar-refractivity contribution in [1.82, 2.24) is 0 Å². The lowest BCUT2D eigenvalue weighted by molar-refractivity contribution is -0.173. The van der Waals surface area contributed by atoms with E-state index < -0.39 is 11.9 Å². The summed E-state index contributed by atoms with van der Waals surface area (Å²) in [5.41, 5.74) is -0.379. The third-order valence-corrected chi connectivity index (χ3v) is 3.96. The lowest BCUT2D eigenvalue weighted by atomic mass is 9.90. The first-order valence-electron chi connectivity index (χ1n) is 7.82. The van der Waals surface area contributed by atoms with Crippen molar-refractivity contribution < 1.29 is 23.0 Å². The first-order valence-corrected chi connectivity index (χ1v) is 7.82. The van der Waals surface area contributed by atoms with Gasteiger partial charge in [0, 0.05) is 5.56 Å². The Morgan fingerprint density at radius 2 is 1.82 bits per heavy atom. The van der Waals surface area contributed by atoms with Crippen LogP contribution < -0.4 is 4.74 Å². The molecule has 22 heavy (non-hydrogen) atoms. The van der Waals surface area contributed by atoms with Crippen LogP contribution in [0.1, 0.15) is 44.6 Å². The highest BCUT2D eigenvalue weighted by atomic mass is 19.3. The monoisotopic (exact) mass is 312 g/mol. The molecule has 1 aliphatic carbocycles. The first-order chi connectivity index (χ1) is 10.5. The van der Waals surface area contributed by atoms with Gasteiger partial charge in [0.25, 0.3) is 0 Å². The van der Waals surface area contributed by atoms with Crippen molar-refractivity contribution in [3.63, 3.8) is 0 Å². The van der Waals surface area contributed by atoms with E-state index in [4.69, 9.17) is 4.74 Å².